The van der Waals surface area contributed by atoms with E-state index in [4.69, 9.17) is 40.0 Å². The molecule has 0 spiro atoms. The Morgan fingerprint density at radius 1 is 0.705 bits per heavy atom. The van der Waals surface area contributed by atoms with Gasteiger partial charge in [-0.15, -0.1) is 11.6 Å². The molecule has 0 aliphatic carbocycles. The van der Waals surface area contributed by atoms with Gasteiger partial charge in [-0.1, -0.05) is 56.0 Å². The monoisotopic (exact) mass is 640 g/mol. The molecule has 0 radical (unpaired) electrons. The molecule has 1 aliphatic rings. The molecule has 1 aliphatic heterocycles. The summed E-state index contributed by atoms with van der Waals surface area (Å²) in [4.78, 5) is 40.1. The Kier molecular flexibility index (Phi) is 11.6. The first-order valence-corrected chi connectivity index (χ1v) is 18.5. The Bertz CT molecular complexity index is 1380. The molecule has 0 N–H and O–H groups in total. The largest absolute Gasteiger partial charge is 0.497 e. The molecule has 0 unspecified atom stereocenters. The summed E-state index contributed by atoms with van der Waals surface area (Å²) in [6, 6.07) is 23.8. The van der Waals surface area contributed by atoms with Gasteiger partial charge >= 0.3 is 17.9 Å². The van der Waals surface area contributed by atoms with Crippen LogP contribution in [0.25, 0.3) is 0 Å². The number of methoxy groups -OCH3 is 1. The van der Waals surface area contributed by atoms with E-state index in [-0.39, 0.29) is 22.6 Å². The summed E-state index contributed by atoms with van der Waals surface area (Å²) in [5.74, 6) is -1.70. The van der Waals surface area contributed by atoms with Crippen LogP contribution in [0.5, 0.6) is 5.75 Å². The number of hydrogen-bond acceptors (Lipinski definition) is 9. The minimum absolute atomic E-state index is 0.132. The number of rotatable bonds is 12. The van der Waals surface area contributed by atoms with Crippen LogP contribution in [0.3, 0.4) is 0 Å². The van der Waals surface area contributed by atoms with Crippen molar-refractivity contribution in [1.82, 2.24) is 0 Å². The van der Waals surface area contributed by atoms with Crippen molar-refractivity contribution in [2.45, 2.75) is 56.4 Å². The molecule has 1 heterocycles. The highest BCUT2D eigenvalue weighted by Gasteiger charge is 2.53. The van der Waals surface area contributed by atoms with E-state index in [2.05, 4.69) is 19.6 Å². The number of esters is 3. The number of carbonyl (C=O) groups is 3. The van der Waals surface area contributed by atoms with Crippen molar-refractivity contribution in [2.75, 3.05) is 19.6 Å². The van der Waals surface area contributed by atoms with E-state index >= 15 is 0 Å². The highest BCUT2D eigenvalue weighted by molar-refractivity contribution is 6.76. The second kappa shape index (κ2) is 15.3. The van der Waals surface area contributed by atoms with Crippen LogP contribution in [0.2, 0.25) is 25.7 Å². The van der Waals surface area contributed by atoms with Crippen molar-refractivity contribution in [3.05, 3.63) is 102 Å². The average Bonchev–Trinajstić information content (AvgIpc) is 3.03. The fourth-order valence-corrected chi connectivity index (χ4v) is 5.45. The van der Waals surface area contributed by atoms with Gasteiger partial charge in [-0.2, -0.15) is 0 Å². The van der Waals surface area contributed by atoms with Crippen LogP contribution in [0.15, 0.2) is 84.9 Å². The minimum Gasteiger partial charge on any atom is -0.497 e. The number of halogens is 1. The van der Waals surface area contributed by atoms with Crippen LogP contribution in [-0.4, -0.2) is 76.3 Å². The average molecular weight is 641 g/mol. The van der Waals surface area contributed by atoms with Gasteiger partial charge in [0.2, 0.25) is 0 Å². The number of ether oxygens (including phenoxy) is 6. The van der Waals surface area contributed by atoms with Gasteiger partial charge in [-0.05, 0) is 54.6 Å². The zero-order valence-corrected chi connectivity index (χ0v) is 26.9. The van der Waals surface area contributed by atoms with Crippen LogP contribution < -0.4 is 4.74 Å². The van der Waals surface area contributed by atoms with Gasteiger partial charge in [0.15, 0.2) is 24.6 Å². The lowest BCUT2D eigenvalue weighted by Gasteiger charge is -2.44. The molecule has 0 saturated carbocycles. The summed E-state index contributed by atoms with van der Waals surface area (Å²) in [7, 11) is -0.00239. The molecule has 4 rings (SSSR count). The van der Waals surface area contributed by atoms with E-state index in [0.29, 0.717) is 12.4 Å². The predicted molar refractivity (Wildman–Crippen MR) is 167 cm³/mol. The fraction of sp³-hybridized carbons (Fsp3) is 0.364. The van der Waals surface area contributed by atoms with E-state index in [9.17, 15) is 14.4 Å². The van der Waals surface area contributed by atoms with Crippen LogP contribution in [0, 0.1) is 0 Å². The lowest BCUT2D eigenvalue weighted by Crippen LogP contribution is -2.62. The molecule has 0 amide bonds. The van der Waals surface area contributed by atoms with Gasteiger partial charge < -0.3 is 28.4 Å². The summed E-state index contributed by atoms with van der Waals surface area (Å²) in [5, 5.41) is 0. The van der Waals surface area contributed by atoms with Gasteiger partial charge in [0.05, 0.1) is 29.7 Å². The van der Waals surface area contributed by atoms with Crippen LogP contribution >= 0.6 is 11.6 Å². The summed E-state index contributed by atoms with van der Waals surface area (Å²) in [6.45, 7) is 6.91. The fourth-order valence-electron chi connectivity index (χ4n) is 4.47. The third-order valence-electron chi connectivity index (χ3n) is 6.95. The van der Waals surface area contributed by atoms with Crippen molar-refractivity contribution in [2.24, 2.45) is 0 Å². The van der Waals surface area contributed by atoms with Crippen LogP contribution in [-0.2, 0) is 23.7 Å². The van der Waals surface area contributed by atoms with Gasteiger partial charge in [0.25, 0.3) is 0 Å². The van der Waals surface area contributed by atoms with E-state index in [1.54, 1.807) is 84.9 Å². The molecule has 9 nitrogen and oxygen atoms in total. The lowest BCUT2D eigenvalue weighted by atomic mass is 9.98. The van der Waals surface area contributed by atoms with Gasteiger partial charge in [0.1, 0.15) is 11.9 Å². The third kappa shape index (κ3) is 8.92. The SMILES string of the molecule is COc1ccc(C(=O)O[C@H]2[C@H](OC(=O)c3ccccc3)[C@@H](OC(=O)c3ccccc3)[C@H](OCC[Si](C)(C)C)O[C@@H]2CCl)cc1. The Hall–Kier alpha value is -3.70. The maximum absolute atomic E-state index is 13.4. The molecule has 11 heteroatoms. The molecule has 5 atom stereocenters. The van der Waals surface area contributed by atoms with E-state index in [0.717, 1.165) is 6.04 Å². The van der Waals surface area contributed by atoms with Gasteiger partial charge in [-0.25, -0.2) is 14.4 Å². The lowest BCUT2D eigenvalue weighted by molar-refractivity contribution is -0.288. The van der Waals surface area contributed by atoms with Crippen LogP contribution in [0.4, 0.5) is 0 Å². The van der Waals surface area contributed by atoms with E-state index < -0.39 is 56.7 Å². The molecular formula is C33H37ClO9Si. The van der Waals surface area contributed by atoms with Gasteiger partial charge in [-0.3, -0.25) is 0 Å². The Labute approximate surface area is 263 Å². The zero-order valence-electron chi connectivity index (χ0n) is 25.1. The zero-order chi connectivity index (χ0) is 31.7. The van der Waals surface area contributed by atoms with Crippen molar-refractivity contribution < 1.29 is 42.8 Å². The molecule has 1 fully saturated rings. The number of benzene rings is 3. The van der Waals surface area contributed by atoms with Crippen molar-refractivity contribution >= 4 is 37.6 Å². The highest BCUT2D eigenvalue weighted by Crippen LogP contribution is 2.32. The molecular weight excluding hydrogens is 604 g/mol. The Balaban J connectivity index is 1.71. The maximum atomic E-state index is 13.4. The molecule has 234 valence electrons. The standard InChI is InChI=1S/C33H37ClO9Si/c1-38-25-17-15-24(16-18-25)32(37)41-27-26(21-34)40-33(39-19-20-44(2,3)4)29(43-31(36)23-13-9-6-10-14-23)28(27)42-30(35)22-11-7-5-8-12-22/h5-18,26-29,33H,19-21H2,1-4H3/t26-,27-,28+,29-,33-/m1/s1. The van der Waals surface area contributed by atoms with Crippen molar-refractivity contribution in [3.63, 3.8) is 0 Å². The first kappa shape index (κ1) is 33.2. The molecule has 44 heavy (non-hydrogen) atoms. The van der Waals surface area contributed by atoms with E-state index in [1.807, 2.05) is 0 Å². The van der Waals surface area contributed by atoms with Gasteiger partial charge in [0, 0.05) is 14.7 Å². The summed E-state index contributed by atoms with van der Waals surface area (Å²) < 4.78 is 35.4. The number of hydrogen-bond donors (Lipinski definition) is 0. The smallest absolute Gasteiger partial charge is 0.338 e. The molecule has 1 saturated heterocycles. The Morgan fingerprint density at radius 2 is 1.18 bits per heavy atom. The maximum Gasteiger partial charge on any atom is 0.338 e. The summed E-state index contributed by atoms with van der Waals surface area (Å²) in [5.41, 5.74) is 0.748. The normalized spacial score (nSPS) is 21.6. The van der Waals surface area contributed by atoms with Crippen molar-refractivity contribution in [1.29, 1.82) is 0 Å². The summed E-state index contributed by atoms with van der Waals surface area (Å²) >= 11 is 6.35. The molecule has 0 bridgehead atoms. The number of carbonyl (C=O) groups excluding carboxylic acids is 3. The molecule has 3 aromatic carbocycles. The van der Waals surface area contributed by atoms with E-state index in [1.165, 1.54) is 7.11 Å². The predicted octanol–water partition coefficient (Wildman–Crippen LogP) is 5.99. The highest BCUT2D eigenvalue weighted by atomic mass is 35.5. The molecule has 3 aromatic rings. The second-order valence-electron chi connectivity index (χ2n) is 11.4. The summed E-state index contributed by atoms with van der Waals surface area (Å²) in [6.07, 6.45) is -6.00. The first-order valence-electron chi connectivity index (χ1n) is 14.3. The number of alkyl halides is 1. The topological polar surface area (TPSA) is 107 Å². The molecule has 0 aromatic heterocycles. The third-order valence-corrected chi connectivity index (χ3v) is 8.96. The first-order chi connectivity index (χ1) is 21.1. The van der Waals surface area contributed by atoms with Crippen LogP contribution in [0.1, 0.15) is 31.1 Å². The minimum atomic E-state index is -1.52. The van der Waals surface area contributed by atoms with Crippen molar-refractivity contribution in [3.8, 4) is 5.75 Å². The quantitative estimate of drug-likeness (QED) is 0.102. The Morgan fingerprint density at radius 3 is 1.66 bits per heavy atom. The second-order valence-corrected chi connectivity index (χ2v) is 17.4.